The first-order chi connectivity index (χ1) is 15.1. The van der Waals surface area contributed by atoms with E-state index in [1.54, 1.807) is 7.11 Å². The van der Waals surface area contributed by atoms with Gasteiger partial charge in [0.15, 0.2) is 0 Å². The minimum atomic E-state index is 0.0871. The summed E-state index contributed by atoms with van der Waals surface area (Å²) in [5.41, 5.74) is 3.17. The number of amides is 1. The highest BCUT2D eigenvalue weighted by atomic mass is 32.1. The molecular weight excluding hydrogens is 410 g/mol. The molecule has 0 unspecified atom stereocenters. The Morgan fingerprint density at radius 2 is 2.00 bits per heavy atom. The summed E-state index contributed by atoms with van der Waals surface area (Å²) in [4.78, 5) is 19.5. The van der Waals surface area contributed by atoms with Gasteiger partial charge in [0.2, 0.25) is 5.91 Å². The molecule has 0 spiro atoms. The molecule has 4 aromatic rings. The largest absolute Gasteiger partial charge is 0.497 e. The predicted molar refractivity (Wildman–Crippen MR) is 123 cm³/mol. The molecule has 2 aromatic carbocycles. The predicted octanol–water partition coefficient (Wildman–Crippen LogP) is 4.41. The summed E-state index contributed by atoms with van der Waals surface area (Å²) < 4.78 is 14.6. The van der Waals surface area contributed by atoms with Gasteiger partial charge in [0.25, 0.3) is 5.19 Å². The van der Waals surface area contributed by atoms with Gasteiger partial charge in [0.05, 0.1) is 23.7 Å². The molecule has 6 nitrogen and oxygen atoms in total. The van der Waals surface area contributed by atoms with Crippen molar-refractivity contribution >= 4 is 38.4 Å². The van der Waals surface area contributed by atoms with E-state index in [1.807, 2.05) is 42.3 Å². The van der Waals surface area contributed by atoms with Gasteiger partial charge in [-0.2, -0.15) is 0 Å². The van der Waals surface area contributed by atoms with Gasteiger partial charge in [-0.05, 0) is 29.8 Å². The zero-order valence-corrected chi connectivity index (χ0v) is 18.5. The lowest BCUT2D eigenvalue weighted by molar-refractivity contribution is -0.132. The second-order valence-electron chi connectivity index (χ2n) is 7.97. The number of fused-ring (bicyclic) bond motifs is 2. The number of thiazole rings is 1. The molecule has 0 N–H and O–H groups in total. The van der Waals surface area contributed by atoms with Crippen LogP contribution < -0.4 is 9.47 Å². The molecule has 0 bridgehead atoms. The van der Waals surface area contributed by atoms with E-state index in [0.29, 0.717) is 24.7 Å². The summed E-state index contributed by atoms with van der Waals surface area (Å²) in [5, 5.41) is 1.84. The number of hydrogen-bond donors (Lipinski definition) is 0. The SMILES string of the molecule is COc1ccc2nc(OC3CCN(C(=O)Cc4cn(C)c5ccccc45)CC3)sc2c1. The van der Waals surface area contributed by atoms with Gasteiger partial charge in [-0.3, -0.25) is 4.79 Å². The number of hydrogen-bond acceptors (Lipinski definition) is 5. The van der Waals surface area contributed by atoms with Crippen molar-refractivity contribution in [1.82, 2.24) is 14.5 Å². The molecule has 31 heavy (non-hydrogen) atoms. The third-order valence-electron chi connectivity index (χ3n) is 5.96. The minimum absolute atomic E-state index is 0.0871. The monoisotopic (exact) mass is 435 g/mol. The Kier molecular flexibility index (Phi) is 5.28. The number of methoxy groups -OCH3 is 1. The highest BCUT2D eigenvalue weighted by Crippen LogP contribution is 2.32. The summed E-state index contributed by atoms with van der Waals surface area (Å²) in [6.45, 7) is 1.43. The van der Waals surface area contributed by atoms with Gasteiger partial charge < -0.3 is 18.9 Å². The van der Waals surface area contributed by atoms with E-state index < -0.39 is 0 Å². The second-order valence-corrected chi connectivity index (χ2v) is 8.96. The number of aromatic nitrogens is 2. The average Bonchev–Trinajstić information content (AvgIpc) is 3.34. The van der Waals surface area contributed by atoms with Crippen LogP contribution in [0.15, 0.2) is 48.7 Å². The zero-order chi connectivity index (χ0) is 21.4. The van der Waals surface area contributed by atoms with Crippen molar-refractivity contribution in [2.45, 2.75) is 25.4 Å². The molecule has 1 fully saturated rings. The molecule has 0 radical (unpaired) electrons. The van der Waals surface area contributed by atoms with Crippen molar-refractivity contribution in [1.29, 1.82) is 0 Å². The van der Waals surface area contributed by atoms with E-state index in [4.69, 9.17) is 9.47 Å². The second kappa shape index (κ2) is 8.23. The Hall–Kier alpha value is -3.06. The number of rotatable bonds is 5. The van der Waals surface area contributed by atoms with Gasteiger partial charge in [-0.25, -0.2) is 4.98 Å². The van der Waals surface area contributed by atoms with Crippen LogP contribution in [0.5, 0.6) is 10.9 Å². The standard InChI is InChI=1S/C24H25N3O3S/c1-26-15-16(19-5-3-4-6-21(19)26)13-23(28)27-11-9-17(10-12-27)30-24-25-20-8-7-18(29-2)14-22(20)31-24/h3-8,14-15,17H,9-13H2,1-2H3. The fourth-order valence-corrected chi connectivity index (χ4v) is 5.18. The molecule has 7 heteroatoms. The molecule has 1 aliphatic heterocycles. The molecular formula is C24H25N3O3S. The third kappa shape index (κ3) is 3.97. The summed E-state index contributed by atoms with van der Waals surface area (Å²) in [6, 6.07) is 14.1. The number of carbonyl (C=O) groups is 1. The maximum atomic E-state index is 12.9. The number of piperidine rings is 1. The van der Waals surface area contributed by atoms with Crippen LogP contribution in [0.3, 0.4) is 0 Å². The minimum Gasteiger partial charge on any atom is -0.497 e. The molecule has 2 aromatic heterocycles. The van der Waals surface area contributed by atoms with E-state index in [1.165, 1.54) is 11.3 Å². The van der Waals surface area contributed by atoms with E-state index in [-0.39, 0.29) is 12.0 Å². The first kappa shape index (κ1) is 19.9. The first-order valence-electron chi connectivity index (χ1n) is 10.5. The van der Waals surface area contributed by atoms with Gasteiger partial charge in [-0.15, -0.1) is 0 Å². The highest BCUT2D eigenvalue weighted by molar-refractivity contribution is 7.20. The van der Waals surface area contributed by atoms with Crippen molar-refractivity contribution in [2.24, 2.45) is 7.05 Å². The molecule has 3 heterocycles. The van der Waals surface area contributed by atoms with Gasteiger partial charge >= 0.3 is 0 Å². The number of aryl methyl sites for hydroxylation is 1. The lowest BCUT2D eigenvalue weighted by Gasteiger charge is -2.31. The quantitative estimate of drug-likeness (QED) is 0.466. The van der Waals surface area contributed by atoms with Crippen molar-refractivity contribution in [3.8, 4) is 10.9 Å². The first-order valence-corrected chi connectivity index (χ1v) is 11.3. The topological polar surface area (TPSA) is 56.6 Å². The fraction of sp³-hybridized carbons (Fsp3) is 0.333. The van der Waals surface area contributed by atoms with E-state index in [0.717, 1.165) is 45.3 Å². The Labute approximate surface area is 185 Å². The number of benzene rings is 2. The van der Waals surface area contributed by atoms with Crippen LogP contribution in [0.4, 0.5) is 0 Å². The number of likely N-dealkylation sites (tertiary alicyclic amines) is 1. The van der Waals surface area contributed by atoms with Gasteiger partial charge in [0, 0.05) is 50.1 Å². The molecule has 0 saturated carbocycles. The summed E-state index contributed by atoms with van der Waals surface area (Å²) in [7, 11) is 3.69. The van der Waals surface area contributed by atoms with E-state index in [9.17, 15) is 4.79 Å². The van der Waals surface area contributed by atoms with Crippen LogP contribution in [0.1, 0.15) is 18.4 Å². The van der Waals surface area contributed by atoms with Crippen molar-refractivity contribution in [3.63, 3.8) is 0 Å². The smallest absolute Gasteiger partial charge is 0.274 e. The van der Waals surface area contributed by atoms with Crippen LogP contribution in [-0.2, 0) is 18.3 Å². The Bertz CT molecular complexity index is 1240. The van der Waals surface area contributed by atoms with Crippen molar-refractivity contribution < 1.29 is 14.3 Å². The lowest BCUT2D eigenvalue weighted by Crippen LogP contribution is -2.42. The lowest BCUT2D eigenvalue weighted by atomic mass is 10.1. The molecule has 160 valence electrons. The number of carbonyl (C=O) groups excluding carboxylic acids is 1. The molecule has 1 saturated heterocycles. The normalized spacial score (nSPS) is 15.0. The molecule has 0 aliphatic carbocycles. The van der Waals surface area contributed by atoms with E-state index in [2.05, 4.69) is 27.9 Å². The van der Waals surface area contributed by atoms with Crippen molar-refractivity contribution in [3.05, 3.63) is 54.2 Å². The molecule has 0 atom stereocenters. The number of para-hydroxylation sites is 1. The van der Waals surface area contributed by atoms with Crippen LogP contribution >= 0.6 is 11.3 Å². The Balaban J connectivity index is 1.19. The molecule has 1 amide bonds. The third-order valence-corrected chi connectivity index (χ3v) is 6.87. The van der Waals surface area contributed by atoms with Crippen LogP contribution in [-0.4, -0.2) is 46.7 Å². The average molecular weight is 436 g/mol. The molecule has 5 rings (SSSR count). The number of nitrogens with zero attached hydrogens (tertiary/aromatic N) is 3. The Morgan fingerprint density at radius 1 is 1.19 bits per heavy atom. The Morgan fingerprint density at radius 3 is 2.81 bits per heavy atom. The van der Waals surface area contributed by atoms with Gasteiger partial charge in [0.1, 0.15) is 11.9 Å². The van der Waals surface area contributed by atoms with Crippen molar-refractivity contribution in [2.75, 3.05) is 20.2 Å². The maximum absolute atomic E-state index is 12.9. The highest BCUT2D eigenvalue weighted by Gasteiger charge is 2.25. The summed E-state index contributed by atoms with van der Waals surface area (Å²) in [5.74, 6) is 1.00. The number of ether oxygens (including phenoxy) is 2. The zero-order valence-electron chi connectivity index (χ0n) is 17.7. The molecule has 1 aliphatic rings. The van der Waals surface area contributed by atoms with Crippen LogP contribution in [0.2, 0.25) is 0 Å². The summed E-state index contributed by atoms with van der Waals surface area (Å²) in [6.07, 6.45) is 4.23. The maximum Gasteiger partial charge on any atom is 0.274 e. The van der Waals surface area contributed by atoms with Gasteiger partial charge in [-0.1, -0.05) is 29.5 Å². The van der Waals surface area contributed by atoms with Crippen LogP contribution in [0, 0.1) is 0 Å². The van der Waals surface area contributed by atoms with Crippen LogP contribution in [0.25, 0.3) is 21.1 Å². The fourth-order valence-electron chi connectivity index (χ4n) is 4.27. The van der Waals surface area contributed by atoms with E-state index >= 15 is 0 Å². The summed E-state index contributed by atoms with van der Waals surface area (Å²) >= 11 is 1.54.